The average Bonchev–Trinajstić information content (AvgIpc) is 2.96. The molecule has 18 heavy (non-hydrogen) atoms. The number of aliphatic hydroxyl groups is 1. The van der Waals surface area contributed by atoms with Gasteiger partial charge in [0.1, 0.15) is 0 Å². The molecule has 3 atom stereocenters. The van der Waals surface area contributed by atoms with Crippen LogP contribution >= 0.6 is 0 Å². The lowest BCUT2D eigenvalue weighted by molar-refractivity contribution is -0.148. The van der Waals surface area contributed by atoms with Crippen molar-refractivity contribution in [1.29, 1.82) is 0 Å². The molecular weight excluding hydrogens is 234 g/mol. The highest BCUT2D eigenvalue weighted by Crippen LogP contribution is 2.34. The minimum atomic E-state index is -0.836. The Morgan fingerprint density at radius 3 is 2.56 bits per heavy atom. The molecule has 0 bridgehead atoms. The number of nitrogens with zero attached hydrogens (tertiary/aromatic N) is 1. The number of carbonyl (C=O) groups is 2. The molecule has 1 saturated carbocycles. The van der Waals surface area contributed by atoms with Crippen molar-refractivity contribution in [2.75, 3.05) is 19.7 Å². The zero-order chi connectivity index (χ0) is 13.1. The molecule has 1 aliphatic heterocycles. The molecule has 1 saturated heterocycles. The second-order valence-electron chi connectivity index (χ2n) is 5.43. The Hall–Kier alpha value is -1.10. The maximum absolute atomic E-state index is 12.3. The number of rotatable bonds is 4. The molecule has 1 aliphatic carbocycles. The van der Waals surface area contributed by atoms with Gasteiger partial charge in [-0.3, -0.25) is 9.59 Å². The van der Waals surface area contributed by atoms with Gasteiger partial charge in [0.15, 0.2) is 0 Å². The van der Waals surface area contributed by atoms with Gasteiger partial charge >= 0.3 is 5.97 Å². The Morgan fingerprint density at radius 2 is 1.89 bits per heavy atom. The third kappa shape index (κ3) is 2.66. The molecule has 1 amide bonds. The van der Waals surface area contributed by atoms with E-state index in [9.17, 15) is 9.59 Å². The minimum absolute atomic E-state index is 0.0142. The number of aliphatic carboxylic acids is 1. The van der Waals surface area contributed by atoms with Crippen LogP contribution in [0.25, 0.3) is 0 Å². The van der Waals surface area contributed by atoms with Crippen LogP contribution in [0.2, 0.25) is 0 Å². The van der Waals surface area contributed by atoms with Crippen molar-refractivity contribution >= 4 is 11.9 Å². The lowest BCUT2D eigenvalue weighted by Gasteiger charge is -2.23. The van der Waals surface area contributed by atoms with Crippen molar-refractivity contribution in [3.8, 4) is 0 Å². The SMILES string of the molecule is O=C(O)C1CCCC1C(=O)N1CCC(CCO)C1. The lowest BCUT2D eigenvalue weighted by Crippen LogP contribution is -2.38. The van der Waals surface area contributed by atoms with E-state index in [1.54, 1.807) is 4.90 Å². The summed E-state index contributed by atoms with van der Waals surface area (Å²) in [5, 5.41) is 18.0. The molecule has 0 radical (unpaired) electrons. The Bertz CT molecular complexity index is 331. The van der Waals surface area contributed by atoms with E-state index in [1.165, 1.54) is 0 Å². The van der Waals surface area contributed by atoms with Crippen LogP contribution in [-0.4, -0.2) is 46.7 Å². The number of amides is 1. The molecule has 3 unspecified atom stereocenters. The van der Waals surface area contributed by atoms with E-state index in [2.05, 4.69) is 0 Å². The molecule has 0 aromatic rings. The highest BCUT2D eigenvalue weighted by molar-refractivity contribution is 5.85. The van der Waals surface area contributed by atoms with E-state index >= 15 is 0 Å². The molecule has 102 valence electrons. The van der Waals surface area contributed by atoms with Crippen LogP contribution in [0.5, 0.6) is 0 Å². The molecule has 5 nitrogen and oxygen atoms in total. The van der Waals surface area contributed by atoms with Gasteiger partial charge in [-0.15, -0.1) is 0 Å². The number of aliphatic hydroxyl groups excluding tert-OH is 1. The van der Waals surface area contributed by atoms with Gasteiger partial charge in [0.2, 0.25) is 5.91 Å². The van der Waals surface area contributed by atoms with Crippen LogP contribution in [-0.2, 0) is 9.59 Å². The highest BCUT2D eigenvalue weighted by Gasteiger charge is 2.41. The van der Waals surface area contributed by atoms with Gasteiger partial charge in [0, 0.05) is 19.7 Å². The van der Waals surface area contributed by atoms with Crippen LogP contribution in [0.3, 0.4) is 0 Å². The molecule has 2 fully saturated rings. The predicted octanol–water partition coefficient (Wildman–Crippen LogP) is 0.718. The summed E-state index contributed by atoms with van der Waals surface area (Å²) in [5.41, 5.74) is 0. The number of hydrogen-bond acceptors (Lipinski definition) is 3. The molecule has 1 heterocycles. The number of carboxylic acids is 1. The van der Waals surface area contributed by atoms with Gasteiger partial charge in [-0.1, -0.05) is 6.42 Å². The second kappa shape index (κ2) is 5.69. The van der Waals surface area contributed by atoms with E-state index in [-0.39, 0.29) is 18.4 Å². The van der Waals surface area contributed by atoms with Gasteiger partial charge in [-0.25, -0.2) is 0 Å². The van der Waals surface area contributed by atoms with E-state index in [4.69, 9.17) is 10.2 Å². The normalized spacial score (nSPS) is 31.8. The standard InChI is InChI=1S/C13H21NO4/c15-7-5-9-4-6-14(8-9)12(16)10-2-1-3-11(10)13(17)18/h9-11,15H,1-8H2,(H,17,18). The van der Waals surface area contributed by atoms with Crippen LogP contribution in [0.1, 0.15) is 32.1 Å². The van der Waals surface area contributed by atoms with Crippen molar-refractivity contribution in [1.82, 2.24) is 4.90 Å². The first-order chi connectivity index (χ1) is 8.63. The summed E-state index contributed by atoms with van der Waals surface area (Å²) in [6.07, 6.45) is 3.82. The number of carbonyl (C=O) groups excluding carboxylic acids is 1. The van der Waals surface area contributed by atoms with Crippen molar-refractivity contribution < 1.29 is 19.8 Å². The molecular formula is C13H21NO4. The van der Waals surface area contributed by atoms with Crippen molar-refractivity contribution in [2.24, 2.45) is 17.8 Å². The summed E-state index contributed by atoms with van der Waals surface area (Å²) in [4.78, 5) is 25.2. The molecule has 5 heteroatoms. The first-order valence-electron chi connectivity index (χ1n) is 6.76. The zero-order valence-electron chi connectivity index (χ0n) is 10.5. The summed E-state index contributed by atoms with van der Waals surface area (Å²) >= 11 is 0. The van der Waals surface area contributed by atoms with Crippen LogP contribution in [0.4, 0.5) is 0 Å². The van der Waals surface area contributed by atoms with Crippen LogP contribution in [0.15, 0.2) is 0 Å². The Labute approximate surface area is 107 Å². The summed E-state index contributed by atoms with van der Waals surface area (Å²) < 4.78 is 0. The van der Waals surface area contributed by atoms with E-state index in [1.807, 2.05) is 0 Å². The topological polar surface area (TPSA) is 77.8 Å². The third-order valence-electron chi connectivity index (χ3n) is 4.29. The second-order valence-corrected chi connectivity index (χ2v) is 5.43. The van der Waals surface area contributed by atoms with Crippen molar-refractivity contribution in [3.05, 3.63) is 0 Å². The monoisotopic (exact) mass is 255 g/mol. The third-order valence-corrected chi connectivity index (χ3v) is 4.29. The Balaban J connectivity index is 1.93. The smallest absolute Gasteiger partial charge is 0.307 e. The quantitative estimate of drug-likeness (QED) is 0.776. The molecule has 2 aliphatic rings. The number of hydrogen-bond donors (Lipinski definition) is 2. The van der Waals surface area contributed by atoms with Gasteiger partial charge in [-0.05, 0) is 31.6 Å². The van der Waals surface area contributed by atoms with Gasteiger partial charge in [0.25, 0.3) is 0 Å². The molecule has 0 aromatic heterocycles. The largest absolute Gasteiger partial charge is 0.481 e. The average molecular weight is 255 g/mol. The van der Waals surface area contributed by atoms with Crippen LogP contribution < -0.4 is 0 Å². The maximum atomic E-state index is 12.3. The predicted molar refractivity (Wildman–Crippen MR) is 64.9 cm³/mol. The van der Waals surface area contributed by atoms with E-state index in [0.717, 1.165) is 19.3 Å². The molecule has 0 aromatic carbocycles. The maximum Gasteiger partial charge on any atom is 0.307 e. The van der Waals surface area contributed by atoms with Crippen molar-refractivity contribution in [3.63, 3.8) is 0 Å². The van der Waals surface area contributed by atoms with Gasteiger partial charge < -0.3 is 15.1 Å². The minimum Gasteiger partial charge on any atom is -0.481 e. The Kier molecular flexibility index (Phi) is 4.22. The first kappa shape index (κ1) is 13.3. The highest BCUT2D eigenvalue weighted by atomic mass is 16.4. The van der Waals surface area contributed by atoms with Crippen LogP contribution in [0, 0.1) is 17.8 Å². The fourth-order valence-electron chi connectivity index (χ4n) is 3.24. The molecule has 2 rings (SSSR count). The molecule has 2 N–H and O–H groups in total. The molecule has 0 spiro atoms. The fraction of sp³-hybridized carbons (Fsp3) is 0.846. The zero-order valence-corrected chi connectivity index (χ0v) is 10.5. The number of likely N-dealkylation sites (tertiary alicyclic amines) is 1. The first-order valence-corrected chi connectivity index (χ1v) is 6.76. The Morgan fingerprint density at radius 1 is 1.17 bits per heavy atom. The van der Waals surface area contributed by atoms with Crippen molar-refractivity contribution in [2.45, 2.75) is 32.1 Å². The lowest BCUT2D eigenvalue weighted by atomic mass is 9.95. The number of carboxylic acid groups (broad SMARTS) is 1. The fourth-order valence-corrected chi connectivity index (χ4v) is 3.24. The van der Waals surface area contributed by atoms with E-state index < -0.39 is 11.9 Å². The summed E-state index contributed by atoms with van der Waals surface area (Å²) in [7, 11) is 0. The van der Waals surface area contributed by atoms with Gasteiger partial charge in [-0.2, -0.15) is 0 Å². The summed E-state index contributed by atoms with van der Waals surface area (Å²) in [5.74, 6) is -1.26. The summed E-state index contributed by atoms with van der Waals surface area (Å²) in [6, 6.07) is 0. The van der Waals surface area contributed by atoms with Gasteiger partial charge in [0.05, 0.1) is 11.8 Å². The van der Waals surface area contributed by atoms with E-state index in [0.29, 0.717) is 31.8 Å². The summed E-state index contributed by atoms with van der Waals surface area (Å²) in [6.45, 7) is 1.56.